The Morgan fingerprint density at radius 2 is 1.75 bits per heavy atom. The van der Waals surface area contributed by atoms with Crippen molar-refractivity contribution in [1.29, 1.82) is 0 Å². The van der Waals surface area contributed by atoms with Crippen LogP contribution in [0.4, 0.5) is 0 Å². The molecular formula is C18H24OSi. The van der Waals surface area contributed by atoms with Gasteiger partial charge in [0.05, 0.1) is 0 Å². The van der Waals surface area contributed by atoms with Crippen molar-refractivity contribution in [3.05, 3.63) is 35.9 Å². The van der Waals surface area contributed by atoms with Crippen LogP contribution < -0.4 is 0 Å². The van der Waals surface area contributed by atoms with E-state index in [-0.39, 0.29) is 0 Å². The summed E-state index contributed by atoms with van der Waals surface area (Å²) in [4.78, 5) is 0. The summed E-state index contributed by atoms with van der Waals surface area (Å²) in [6.07, 6.45) is 2.58. The van der Waals surface area contributed by atoms with Gasteiger partial charge >= 0.3 is 0 Å². The van der Waals surface area contributed by atoms with Crippen molar-refractivity contribution in [1.82, 2.24) is 0 Å². The lowest BCUT2D eigenvalue weighted by molar-refractivity contribution is 0.224. The number of hydrogen-bond acceptors (Lipinski definition) is 1. The normalized spacial score (nSPS) is 11.8. The largest absolute Gasteiger partial charge is 0.380 e. The molecule has 0 radical (unpaired) electrons. The average Bonchev–Trinajstić information content (AvgIpc) is 2.40. The number of aryl methyl sites for hydroxylation is 1. The van der Waals surface area contributed by atoms with Gasteiger partial charge in [0.2, 0.25) is 0 Å². The predicted molar refractivity (Wildman–Crippen MR) is 88.9 cm³/mol. The maximum absolute atomic E-state index is 9.75. The van der Waals surface area contributed by atoms with Gasteiger partial charge in [0.25, 0.3) is 0 Å². The molecule has 0 aliphatic rings. The molecular weight excluding hydrogens is 260 g/mol. The van der Waals surface area contributed by atoms with Crippen LogP contribution in [0, 0.1) is 23.3 Å². The molecule has 2 heteroatoms. The topological polar surface area (TPSA) is 20.2 Å². The second-order valence-corrected chi connectivity index (χ2v) is 10.7. The van der Waals surface area contributed by atoms with Crippen molar-refractivity contribution in [2.24, 2.45) is 0 Å². The van der Waals surface area contributed by atoms with Gasteiger partial charge in [-0.1, -0.05) is 55.9 Å². The fourth-order valence-electron chi connectivity index (χ4n) is 1.65. The van der Waals surface area contributed by atoms with Crippen molar-refractivity contribution >= 4 is 8.07 Å². The van der Waals surface area contributed by atoms with Gasteiger partial charge in [0, 0.05) is 12.8 Å². The van der Waals surface area contributed by atoms with Crippen LogP contribution in [0.15, 0.2) is 30.3 Å². The molecule has 0 bridgehead atoms. The third-order valence-corrected chi connectivity index (χ3v) is 3.58. The van der Waals surface area contributed by atoms with Crippen LogP contribution >= 0.6 is 0 Å². The zero-order valence-electron chi connectivity index (χ0n) is 12.7. The van der Waals surface area contributed by atoms with Gasteiger partial charge in [-0.25, -0.2) is 0 Å². The lowest BCUT2D eigenvalue weighted by Crippen LogP contribution is -2.16. The molecule has 0 saturated heterocycles. The highest BCUT2D eigenvalue weighted by Crippen LogP contribution is 2.02. The van der Waals surface area contributed by atoms with Crippen molar-refractivity contribution < 1.29 is 5.11 Å². The first-order chi connectivity index (χ1) is 9.47. The zero-order valence-corrected chi connectivity index (χ0v) is 13.7. The van der Waals surface area contributed by atoms with Crippen LogP contribution in [0.5, 0.6) is 0 Å². The SMILES string of the molecule is C[Si](C)(C)C#CCC[C@@H](O)C#CCCc1ccccc1. The maximum Gasteiger partial charge on any atom is 0.129 e. The fraction of sp³-hybridized carbons (Fsp3) is 0.444. The molecule has 1 N–H and O–H groups in total. The molecule has 1 aromatic rings. The summed E-state index contributed by atoms with van der Waals surface area (Å²) in [5.74, 6) is 9.11. The zero-order chi connectivity index (χ0) is 14.8. The van der Waals surface area contributed by atoms with Gasteiger partial charge < -0.3 is 5.11 Å². The highest BCUT2D eigenvalue weighted by atomic mass is 28.3. The molecule has 0 fully saturated rings. The van der Waals surface area contributed by atoms with Gasteiger partial charge in [-0.15, -0.1) is 17.4 Å². The third-order valence-electron chi connectivity index (χ3n) is 2.66. The summed E-state index contributed by atoms with van der Waals surface area (Å²) in [6, 6.07) is 10.3. The molecule has 1 aromatic carbocycles. The van der Waals surface area contributed by atoms with E-state index < -0.39 is 14.2 Å². The summed E-state index contributed by atoms with van der Waals surface area (Å²) in [7, 11) is -1.28. The van der Waals surface area contributed by atoms with E-state index in [1.54, 1.807) is 0 Å². The number of aliphatic hydroxyl groups is 1. The number of hydrogen-bond donors (Lipinski definition) is 1. The Kier molecular flexibility index (Phi) is 7.16. The molecule has 0 aliphatic carbocycles. The molecule has 20 heavy (non-hydrogen) atoms. The fourth-order valence-corrected chi connectivity index (χ4v) is 2.31. The van der Waals surface area contributed by atoms with Crippen LogP contribution in [0.2, 0.25) is 19.6 Å². The molecule has 0 amide bonds. The number of benzene rings is 1. The Morgan fingerprint density at radius 3 is 2.40 bits per heavy atom. The number of rotatable bonds is 4. The molecule has 0 spiro atoms. The van der Waals surface area contributed by atoms with Gasteiger partial charge in [0.1, 0.15) is 14.2 Å². The summed E-state index contributed by atoms with van der Waals surface area (Å²) < 4.78 is 0. The van der Waals surface area contributed by atoms with E-state index >= 15 is 0 Å². The standard InChI is InChI=1S/C18H24OSi/c1-20(2,3)16-10-9-15-18(19)14-8-7-13-17-11-5-4-6-12-17/h4-6,11-12,18-19H,7,9,13,15H2,1-3H3/t18-/m0/s1. The highest BCUT2D eigenvalue weighted by Gasteiger charge is 2.07. The van der Waals surface area contributed by atoms with Gasteiger partial charge in [-0.05, 0) is 18.4 Å². The van der Waals surface area contributed by atoms with Crippen molar-refractivity contribution in [3.8, 4) is 23.3 Å². The van der Waals surface area contributed by atoms with Crippen LogP contribution in [0.3, 0.4) is 0 Å². The third kappa shape index (κ3) is 8.59. The molecule has 1 atom stereocenters. The van der Waals surface area contributed by atoms with Gasteiger partial charge in [0.15, 0.2) is 0 Å². The van der Waals surface area contributed by atoms with Crippen molar-refractivity contribution in [2.45, 2.75) is 51.4 Å². The first-order valence-corrected chi connectivity index (χ1v) is 10.7. The van der Waals surface area contributed by atoms with Crippen molar-refractivity contribution in [3.63, 3.8) is 0 Å². The minimum Gasteiger partial charge on any atom is -0.380 e. The van der Waals surface area contributed by atoms with E-state index in [0.29, 0.717) is 6.42 Å². The summed E-state index contributed by atoms with van der Waals surface area (Å²) in [5.41, 5.74) is 4.58. The minimum atomic E-state index is -1.28. The lowest BCUT2D eigenvalue weighted by Gasteiger charge is -2.03. The monoisotopic (exact) mass is 284 g/mol. The second-order valence-electron chi connectivity index (χ2n) is 5.91. The first kappa shape index (κ1) is 16.6. The van der Waals surface area contributed by atoms with Crippen LogP contribution in [-0.2, 0) is 6.42 Å². The molecule has 106 valence electrons. The van der Waals surface area contributed by atoms with Crippen LogP contribution in [0.25, 0.3) is 0 Å². The molecule has 0 saturated carbocycles. The molecule has 1 rings (SSSR count). The van der Waals surface area contributed by atoms with E-state index in [9.17, 15) is 5.11 Å². The second kappa shape index (κ2) is 8.64. The quantitative estimate of drug-likeness (QED) is 0.661. The Morgan fingerprint density at radius 1 is 1.05 bits per heavy atom. The Hall–Kier alpha value is -1.48. The summed E-state index contributed by atoms with van der Waals surface area (Å²) in [6.45, 7) is 6.67. The van der Waals surface area contributed by atoms with E-state index in [2.05, 4.69) is 55.1 Å². The molecule has 0 aromatic heterocycles. The van der Waals surface area contributed by atoms with E-state index in [1.807, 2.05) is 18.2 Å². The predicted octanol–water partition coefficient (Wildman–Crippen LogP) is 3.64. The highest BCUT2D eigenvalue weighted by molar-refractivity contribution is 6.83. The van der Waals surface area contributed by atoms with Crippen LogP contribution in [0.1, 0.15) is 24.8 Å². The Balaban J connectivity index is 2.24. The van der Waals surface area contributed by atoms with Gasteiger partial charge in [-0.3, -0.25) is 0 Å². The minimum absolute atomic E-state index is 0.540. The average molecular weight is 284 g/mol. The molecule has 0 aliphatic heterocycles. The van der Waals surface area contributed by atoms with Crippen molar-refractivity contribution in [2.75, 3.05) is 0 Å². The van der Waals surface area contributed by atoms with E-state index in [1.165, 1.54) is 5.56 Å². The summed E-state index contributed by atoms with van der Waals surface area (Å²) in [5, 5.41) is 9.75. The molecule has 1 nitrogen and oxygen atoms in total. The molecule has 0 heterocycles. The summed E-state index contributed by atoms with van der Waals surface area (Å²) >= 11 is 0. The number of aliphatic hydroxyl groups excluding tert-OH is 1. The smallest absolute Gasteiger partial charge is 0.129 e. The van der Waals surface area contributed by atoms with Gasteiger partial charge in [-0.2, -0.15) is 0 Å². The molecule has 0 unspecified atom stereocenters. The van der Waals surface area contributed by atoms with E-state index in [4.69, 9.17) is 0 Å². The first-order valence-electron chi connectivity index (χ1n) is 7.18. The lowest BCUT2D eigenvalue weighted by atomic mass is 10.1. The maximum atomic E-state index is 9.75. The Labute approximate surface area is 124 Å². The Bertz CT molecular complexity index is 506. The van der Waals surface area contributed by atoms with E-state index in [0.717, 1.165) is 19.3 Å². The van der Waals surface area contributed by atoms with Crippen LogP contribution in [-0.4, -0.2) is 19.3 Å².